The molecular weight excluding hydrogens is 234 g/mol. The fourth-order valence-corrected chi connectivity index (χ4v) is 2.48. The molecule has 0 radical (unpaired) electrons. The van der Waals surface area contributed by atoms with Crippen LogP contribution in [0.25, 0.3) is 0 Å². The van der Waals surface area contributed by atoms with E-state index in [1.54, 1.807) is 13.0 Å². The molecule has 0 spiro atoms. The van der Waals surface area contributed by atoms with Crippen LogP contribution < -0.4 is 5.32 Å². The molecule has 17 heavy (non-hydrogen) atoms. The summed E-state index contributed by atoms with van der Waals surface area (Å²) in [7, 11) is -1.91. The average molecular weight is 259 g/mol. The van der Waals surface area contributed by atoms with Crippen LogP contribution in [0, 0.1) is 0 Å². The zero-order valence-corrected chi connectivity index (χ0v) is 12.7. The lowest BCUT2D eigenvalue weighted by Gasteiger charge is -2.39. The molecule has 0 fully saturated rings. The standard InChI is InChI=1S/C12H25NO3Si/c1-8-10(9(2)13-11(14)15)16-17(6,7)12(3,4)5/h8-10,13H,1H2,2-7H3,(H,14,15)/t9-,10+/m0/s1. The molecule has 0 rings (SSSR count). The van der Waals surface area contributed by atoms with E-state index in [1.165, 1.54) is 0 Å². The number of amides is 1. The monoisotopic (exact) mass is 259 g/mol. The summed E-state index contributed by atoms with van der Waals surface area (Å²) in [5.74, 6) is 0. The Morgan fingerprint density at radius 3 is 2.24 bits per heavy atom. The van der Waals surface area contributed by atoms with E-state index in [2.05, 4.69) is 45.8 Å². The summed E-state index contributed by atoms with van der Waals surface area (Å²) in [6.07, 6.45) is 0.344. The van der Waals surface area contributed by atoms with Crippen molar-refractivity contribution in [1.82, 2.24) is 5.32 Å². The first kappa shape index (κ1) is 16.2. The van der Waals surface area contributed by atoms with Gasteiger partial charge in [-0.15, -0.1) is 6.58 Å². The molecular formula is C12H25NO3Si. The topological polar surface area (TPSA) is 58.6 Å². The number of hydrogen-bond donors (Lipinski definition) is 2. The van der Waals surface area contributed by atoms with Crippen molar-refractivity contribution in [2.45, 2.75) is 58.0 Å². The lowest BCUT2D eigenvalue weighted by Crippen LogP contribution is -2.49. The Bertz CT molecular complexity index is 284. The lowest BCUT2D eigenvalue weighted by atomic mass is 10.2. The van der Waals surface area contributed by atoms with Crippen molar-refractivity contribution in [3.8, 4) is 0 Å². The van der Waals surface area contributed by atoms with Gasteiger partial charge in [0.05, 0.1) is 12.1 Å². The first-order chi connectivity index (χ1) is 7.51. The third-order valence-electron chi connectivity index (χ3n) is 3.31. The number of carboxylic acid groups (broad SMARTS) is 1. The van der Waals surface area contributed by atoms with Crippen LogP contribution in [-0.4, -0.2) is 31.7 Å². The van der Waals surface area contributed by atoms with Gasteiger partial charge in [-0.25, -0.2) is 4.79 Å². The van der Waals surface area contributed by atoms with Gasteiger partial charge in [0.1, 0.15) is 0 Å². The number of hydrogen-bond acceptors (Lipinski definition) is 2. The molecule has 1 amide bonds. The van der Waals surface area contributed by atoms with Gasteiger partial charge in [-0.3, -0.25) is 0 Å². The maximum absolute atomic E-state index is 10.6. The summed E-state index contributed by atoms with van der Waals surface area (Å²) in [6, 6.07) is -0.292. The highest BCUT2D eigenvalue weighted by atomic mass is 28.4. The summed E-state index contributed by atoms with van der Waals surface area (Å²) >= 11 is 0. The Morgan fingerprint density at radius 2 is 1.94 bits per heavy atom. The Kier molecular flexibility index (Phi) is 5.41. The summed E-state index contributed by atoms with van der Waals surface area (Å²) in [5.41, 5.74) is 0. The van der Waals surface area contributed by atoms with Crippen LogP contribution in [0.5, 0.6) is 0 Å². The van der Waals surface area contributed by atoms with Crippen LogP contribution in [-0.2, 0) is 4.43 Å². The highest BCUT2D eigenvalue weighted by Gasteiger charge is 2.39. The maximum Gasteiger partial charge on any atom is 0.404 e. The second-order valence-corrected chi connectivity index (χ2v) is 10.6. The Hall–Kier alpha value is -0.813. The van der Waals surface area contributed by atoms with E-state index in [9.17, 15) is 4.79 Å². The molecule has 0 saturated carbocycles. The van der Waals surface area contributed by atoms with E-state index in [-0.39, 0.29) is 17.2 Å². The molecule has 0 saturated heterocycles. The van der Waals surface area contributed by atoms with Crippen molar-refractivity contribution in [3.63, 3.8) is 0 Å². The van der Waals surface area contributed by atoms with Crippen LogP contribution in [0.2, 0.25) is 18.1 Å². The lowest BCUT2D eigenvalue weighted by molar-refractivity contribution is 0.160. The first-order valence-corrected chi connectivity index (χ1v) is 8.72. The number of nitrogens with one attached hydrogen (secondary N) is 1. The molecule has 0 aromatic rings. The molecule has 0 aliphatic heterocycles. The fraction of sp³-hybridized carbons (Fsp3) is 0.750. The first-order valence-electron chi connectivity index (χ1n) is 5.81. The van der Waals surface area contributed by atoms with E-state index in [1.807, 2.05) is 0 Å². The summed E-state index contributed by atoms with van der Waals surface area (Å²) in [4.78, 5) is 10.6. The Labute approximate surface area is 105 Å². The van der Waals surface area contributed by atoms with E-state index in [0.717, 1.165) is 0 Å². The van der Waals surface area contributed by atoms with Gasteiger partial charge in [-0.05, 0) is 25.1 Å². The minimum atomic E-state index is -1.91. The van der Waals surface area contributed by atoms with E-state index < -0.39 is 14.4 Å². The molecule has 100 valence electrons. The average Bonchev–Trinajstić information content (AvgIpc) is 2.10. The van der Waals surface area contributed by atoms with Gasteiger partial charge in [0.2, 0.25) is 0 Å². The van der Waals surface area contributed by atoms with Gasteiger partial charge in [-0.2, -0.15) is 0 Å². The molecule has 0 bridgehead atoms. The second kappa shape index (κ2) is 5.69. The van der Waals surface area contributed by atoms with Gasteiger partial charge in [-0.1, -0.05) is 26.8 Å². The molecule has 2 atom stereocenters. The molecule has 0 aliphatic carbocycles. The van der Waals surface area contributed by atoms with Crippen LogP contribution in [0.4, 0.5) is 4.79 Å². The second-order valence-electron chi connectivity index (χ2n) is 5.82. The van der Waals surface area contributed by atoms with Crippen LogP contribution >= 0.6 is 0 Å². The minimum absolute atomic E-state index is 0.0944. The normalized spacial score (nSPS) is 16.1. The van der Waals surface area contributed by atoms with Crippen molar-refractivity contribution in [3.05, 3.63) is 12.7 Å². The number of rotatable bonds is 5. The highest BCUT2D eigenvalue weighted by Crippen LogP contribution is 2.37. The predicted octanol–water partition coefficient (Wildman–Crippen LogP) is 3.22. The van der Waals surface area contributed by atoms with Gasteiger partial charge >= 0.3 is 6.09 Å². The molecule has 2 N–H and O–H groups in total. The zero-order valence-electron chi connectivity index (χ0n) is 11.7. The smallest absolute Gasteiger partial charge is 0.404 e. The third kappa shape index (κ3) is 4.91. The molecule has 0 unspecified atom stereocenters. The van der Waals surface area contributed by atoms with Gasteiger partial charge in [0, 0.05) is 0 Å². The SMILES string of the molecule is C=C[C@@H](O[Si](C)(C)C(C)(C)C)[C@H](C)NC(=O)O. The zero-order chi connectivity index (χ0) is 13.9. The van der Waals surface area contributed by atoms with Crippen LogP contribution in [0.1, 0.15) is 27.7 Å². The van der Waals surface area contributed by atoms with Gasteiger partial charge < -0.3 is 14.8 Å². The molecule has 4 nitrogen and oxygen atoms in total. The van der Waals surface area contributed by atoms with Crippen molar-refractivity contribution in [2.75, 3.05) is 0 Å². The van der Waals surface area contributed by atoms with Crippen LogP contribution in [0.15, 0.2) is 12.7 Å². The van der Waals surface area contributed by atoms with E-state index in [4.69, 9.17) is 9.53 Å². The minimum Gasteiger partial charge on any atom is -0.465 e. The van der Waals surface area contributed by atoms with Gasteiger partial charge in [0.25, 0.3) is 0 Å². The maximum atomic E-state index is 10.6. The highest BCUT2D eigenvalue weighted by molar-refractivity contribution is 6.74. The molecule has 0 aromatic heterocycles. The summed E-state index contributed by atoms with van der Waals surface area (Å²) in [5, 5.41) is 11.2. The van der Waals surface area contributed by atoms with Gasteiger partial charge in [0.15, 0.2) is 8.32 Å². The summed E-state index contributed by atoms with van der Waals surface area (Å²) < 4.78 is 6.11. The van der Waals surface area contributed by atoms with Crippen molar-refractivity contribution < 1.29 is 14.3 Å². The van der Waals surface area contributed by atoms with E-state index in [0.29, 0.717) is 0 Å². The molecule has 0 aromatic carbocycles. The predicted molar refractivity (Wildman–Crippen MR) is 72.9 cm³/mol. The molecule has 0 aliphatic rings. The fourth-order valence-electron chi connectivity index (χ4n) is 1.15. The third-order valence-corrected chi connectivity index (χ3v) is 7.79. The largest absolute Gasteiger partial charge is 0.465 e. The Morgan fingerprint density at radius 1 is 1.47 bits per heavy atom. The van der Waals surface area contributed by atoms with E-state index >= 15 is 0 Å². The molecule has 5 heteroatoms. The van der Waals surface area contributed by atoms with Crippen LogP contribution in [0.3, 0.4) is 0 Å². The quantitative estimate of drug-likeness (QED) is 0.589. The Balaban J connectivity index is 4.71. The van der Waals surface area contributed by atoms with Crippen molar-refractivity contribution in [1.29, 1.82) is 0 Å². The van der Waals surface area contributed by atoms with Crippen molar-refractivity contribution >= 4 is 14.4 Å². The van der Waals surface area contributed by atoms with Crippen molar-refractivity contribution in [2.24, 2.45) is 0 Å². The molecule has 0 heterocycles. The number of carbonyl (C=O) groups is 1. The summed E-state index contributed by atoms with van der Waals surface area (Å²) in [6.45, 7) is 16.2.